The van der Waals surface area contributed by atoms with Gasteiger partial charge in [-0.2, -0.15) is 0 Å². The normalized spacial score (nSPS) is 23.1. The van der Waals surface area contributed by atoms with Crippen LogP contribution in [0.1, 0.15) is 42.9 Å². The van der Waals surface area contributed by atoms with Crippen LogP contribution in [0.15, 0.2) is 30.3 Å². The van der Waals surface area contributed by atoms with E-state index in [2.05, 4.69) is 54.6 Å². The van der Waals surface area contributed by atoms with E-state index in [-0.39, 0.29) is 0 Å². The molecule has 0 saturated heterocycles. The van der Waals surface area contributed by atoms with Gasteiger partial charge in [-0.3, -0.25) is 4.98 Å². The summed E-state index contributed by atoms with van der Waals surface area (Å²) in [4.78, 5) is 4.60. The summed E-state index contributed by atoms with van der Waals surface area (Å²) in [5, 5.41) is 4.65. The Morgan fingerprint density at radius 1 is 1.15 bits per heavy atom. The molecule has 2 aromatic rings. The van der Waals surface area contributed by atoms with Crippen LogP contribution in [0.4, 0.5) is 0 Å². The molecule has 2 nitrogen and oxygen atoms in total. The van der Waals surface area contributed by atoms with E-state index in [1.54, 1.807) is 0 Å². The molecule has 1 aromatic carbocycles. The molecule has 1 aliphatic rings. The number of aryl methyl sites for hydroxylation is 1. The van der Waals surface area contributed by atoms with E-state index < -0.39 is 0 Å². The van der Waals surface area contributed by atoms with Crippen LogP contribution in [0.5, 0.6) is 0 Å². The Kier molecular flexibility index (Phi) is 4.02. The minimum atomic E-state index is 0.710. The van der Waals surface area contributed by atoms with Gasteiger partial charge in [0, 0.05) is 11.1 Å². The van der Waals surface area contributed by atoms with E-state index in [4.69, 9.17) is 0 Å². The van der Waals surface area contributed by atoms with E-state index >= 15 is 0 Å². The minimum Gasteiger partial charge on any atom is -0.319 e. The van der Waals surface area contributed by atoms with Gasteiger partial charge in [-0.15, -0.1) is 0 Å². The van der Waals surface area contributed by atoms with E-state index in [1.807, 2.05) is 0 Å². The smallest absolute Gasteiger partial charge is 0.0705 e. The summed E-state index contributed by atoms with van der Waals surface area (Å²) in [7, 11) is 2.07. The number of fused-ring (bicyclic) bond motifs is 1. The van der Waals surface area contributed by atoms with E-state index in [0.717, 1.165) is 23.7 Å². The Labute approximate surface area is 121 Å². The number of rotatable bonds is 3. The van der Waals surface area contributed by atoms with Gasteiger partial charge < -0.3 is 5.32 Å². The molecule has 0 aliphatic heterocycles. The molecule has 0 spiro atoms. The number of hydrogen-bond acceptors (Lipinski definition) is 2. The third-order valence-electron chi connectivity index (χ3n) is 4.66. The lowest BCUT2D eigenvalue weighted by molar-refractivity contribution is 0.301. The Bertz CT molecular complexity index is 589. The fourth-order valence-electron chi connectivity index (χ4n) is 3.63. The van der Waals surface area contributed by atoms with Gasteiger partial charge in [0.15, 0.2) is 0 Å². The van der Waals surface area contributed by atoms with Crippen LogP contribution in [0, 0.1) is 12.8 Å². The molecule has 1 N–H and O–H groups in total. The Hall–Kier alpha value is -1.41. The maximum atomic E-state index is 4.60. The van der Waals surface area contributed by atoms with Gasteiger partial charge in [-0.1, -0.05) is 25.0 Å². The van der Waals surface area contributed by atoms with Crippen LogP contribution in [-0.4, -0.2) is 18.6 Å². The first-order chi connectivity index (χ1) is 9.78. The van der Waals surface area contributed by atoms with E-state index in [9.17, 15) is 0 Å². The van der Waals surface area contributed by atoms with Crippen LogP contribution in [0.2, 0.25) is 0 Å². The molecule has 3 rings (SSSR count). The minimum absolute atomic E-state index is 0.710. The molecule has 2 heteroatoms. The SMILES string of the molecule is CNCC1CCCCC1c1ccc2nc(C)ccc2c1. The number of hydrogen-bond donors (Lipinski definition) is 1. The van der Waals surface area contributed by atoms with Crippen molar-refractivity contribution in [3.63, 3.8) is 0 Å². The average Bonchev–Trinajstić information content (AvgIpc) is 2.48. The molecule has 1 fully saturated rings. The van der Waals surface area contributed by atoms with Crippen LogP contribution in [0.3, 0.4) is 0 Å². The van der Waals surface area contributed by atoms with E-state index in [1.165, 1.54) is 36.6 Å². The molecule has 1 aromatic heterocycles. The fraction of sp³-hybridized carbons (Fsp3) is 0.500. The van der Waals surface area contributed by atoms with Crippen molar-refractivity contribution in [2.24, 2.45) is 5.92 Å². The van der Waals surface area contributed by atoms with Crippen molar-refractivity contribution in [2.45, 2.75) is 38.5 Å². The van der Waals surface area contributed by atoms with Crippen LogP contribution >= 0.6 is 0 Å². The van der Waals surface area contributed by atoms with Crippen molar-refractivity contribution < 1.29 is 0 Å². The Balaban J connectivity index is 1.93. The molecule has 0 bridgehead atoms. The second-order valence-corrected chi connectivity index (χ2v) is 6.11. The molecule has 0 radical (unpaired) electrons. The van der Waals surface area contributed by atoms with Crippen LogP contribution in [0.25, 0.3) is 10.9 Å². The van der Waals surface area contributed by atoms with Crippen LogP contribution in [-0.2, 0) is 0 Å². The molecular weight excluding hydrogens is 244 g/mol. The second-order valence-electron chi connectivity index (χ2n) is 6.11. The van der Waals surface area contributed by atoms with Crippen molar-refractivity contribution in [2.75, 3.05) is 13.6 Å². The molecule has 0 amide bonds. The van der Waals surface area contributed by atoms with Crippen LogP contribution < -0.4 is 5.32 Å². The summed E-state index contributed by atoms with van der Waals surface area (Å²) in [6.45, 7) is 3.19. The predicted molar refractivity (Wildman–Crippen MR) is 85.1 cm³/mol. The first-order valence-electron chi connectivity index (χ1n) is 7.80. The Morgan fingerprint density at radius 3 is 2.85 bits per heavy atom. The average molecular weight is 268 g/mol. The largest absolute Gasteiger partial charge is 0.319 e. The molecule has 1 aliphatic carbocycles. The highest BCUT2D eigenvalue weighted by molar-refractivity contribution is 5.79. The summed E-state index contributed by atoms with van der Waals surface area (Å²) in [6.07, 6.45) is 5.44. The van der Waals surface area contributed by atoms with Gasteiger partial charge in [0.25, 0.3) is 0 Å². The first-order valence-corrected chi connectivity index (χ1v) is 7.80. The first kappa shape index (κ1) is 13.6. The van der Waals surface area contributed by atoms with Gasteiger partial charge in [0.2, 0.25) is 0 Å². The lowest BCUT2D eigenvalue weighted by atomic mass is 9.75. The van der Waals surface area contributed by atoms with Gasteiger partial charge in [-0.25, -0.2) is 0 Å². The fourth-order valence-corrected chi connectivity index (χ4v) is 3.63. The van der Waals surface area contributed by atoms with Gasteiger partial charge in [0.05, 0.1) is 5.52 Å². The number of aromatic nitrogens is 1. The monoisotopic (exact) mass is 268 g/mol. The maximum Gasteiger partial charge on any atom is 0.0705 e. The lowest BCUT2D eigenvalue weighted by Gasteiger charge is -2.32. The summed E-state index contributed by atoms with van der Waals surface area (Å²) in [5.41, 5.74) is 3.72. The quantitative estimate of drug-likeness (QED) is 0.909. The van der Waals surface area contributed by atoms with Gasteiger partial charge >= 0.3 is 0 Å². The number of nitrogens with zero attached hydrogens (tertiary/aromatic N) is 1. The third kappa shape index (κ3) is 2.71. The summed E-state index contributed by atoms with van der Waals surface area (Å²) < 4.78 is 0. The zero-order valence-electron chi connectivity index (χ0n) is 12.5. The molecule has 20 heavy (non-hydrogen) atoms. The highest BCUT2D eigenvalue weighted by Crippen LogP contribution is 2.38. The van der Waals surface area contributed by atoms with Crippen molar-refractivity contribution in [3.8, 4) is 0 Å². The van der Waals surface area contributed by atoms with Crippen molar-refractivity contribution in [3.05, 3.63) is 41.6 Å². The van der Waals surface area contributed by atoms with Gasteiger partial charge in [-0.05, 0) is 69.0 Å². The van der Waals surface area contributed by atoms with E-state index in [0.29, 0.717) is 5.92 Å². The highest BCUT2D eigenvalue weighted by Gasteiger charge is 2.25. The summed E-state index contributed by atoms with van der Waals surface area (Å²) in [5.74, 6) is 1.49. The standard InChI is InChI=1S/C18H24N2/c1-13-7-8-15-11-14(9-10-18(15)20-13)17-6-4-3-5-16(17)12-19-2/h7-11,16-17,19H,3-6,12H2,1-2H3. The summed E-state index contributed by atoms with van der Waals surface area (Å²) >= 11 is 0. The molecule has 2 atom stereocenters. The number of benzene rings is 1. The summed E-state index contributed by atoms with van der Waals surface area (Å²) in [6, 6.07) is 11.2. The molecule has 106 valence electrons. The van der Waals surface area contributed by atoms with Crippen molar-refractivity contribution in [1.82, 2.24) is 10.3 Å². The molecule has 2 unspecified atom stereocenters. The predicted octanol–water partition coefficient (Wildman–Crippen LogP) is 4.04. The molecular formula is C18H24N2. The number of pyridine rings is 1. The maximum absolute atomic E-state index is 4.60. The lowest BCUT2D eigenvalue weighted by Crippen LogP contribution is -2.27. The topological polar surface area (TPSA) is 24.9 Å². The molecule has 1 heterocycles. The Morgan fingerprint density at radius 2 is 2.00 bits per heavy atom. The highest BCUT2D eigenvalue weighted by atomic mass is 14.8. The zero-order valence-corrected chi connectivity index (χ0v) is 12.5. The number of nitrogens with one attached hydrogen (secondary N) is 1. The van der Waals surface area contributed by atoms with Gasteiger partial charge in [0.1, 0.15) is 0 Å². The van der Waals surface area contributed by atoms with Crippen molar-refractivity contribution in [1.29, 1.82) is 0 Å². The third-order valence-corrected chi connectivity index (χ3v) is 4.66. The zero-order chi connectivity index (χ0) is 13.9. The second kappa shape index (κ2) is 5.92. The van der Waals surface area contributed by atoms with Crippen molar-refractivity contribution >= 4 is 10.9 Å². The molecule has 1 saturated carbocycles.